The normalized spacial score (nSPS) is 11.0. The van der Waals surface area contributed by atoms with Crippen LogP contribution in [0.2, 0.25) is 0 Å². The molecule has 0 aliphatic rings. The number of rotatable bonds is 10. The lowest BCUT2D eigenvalue weighted by Crippen LogP contribution is -2.10. The van der Waals surface area contributed by atoms with E-state index in [1.165, 1.54) is 11.9 Å². The number of ether oxygens (including phenoxy) is 2. The molecule has 0 unspecified atom stereocenters. The van der Waals surface area contributed by atoms with Crippen molar-refractivity contribution >= 4 is 17.1 Å². The van der Waals surface area contributed by atoms with E-state index in [2.05, 4.69) is 41.2 Å². The smallest absolute Gasteiger partial charge is 0.329 e. The number of hydrogen-bond donors (Lipinski definition) is 1. The molecule has 0 saturated carbocycles. The molecule has 0 atom stereocenters. The molecule has 1 N–H and O–H groups in total. The zero-order chi connectivity index (χ0) is 22.3. The molecular formula is C25H24N2O5. The summed E-state index contributed by atoms with van der Waals surface area (Å²) in [5, 5.41) is 9.36. The monoisotopic (exact) mass is 432 g/mol. The largest absolute Gasteiger partial charge is 0.480 e. The van der Waals surface area contributed by atoms with Gasteiger partial charge in [0, 0.05) is 17.5 Å². The van der Waals surface area contributed by atoms with Gasteiger partial charge in [0.25, 0.3) is 0 Å². The Bertz CT molecular complexity index is 1190. The van der Waals surface area contributed by atoms with E-state index < -0.39 is 5.97 Å². The number of fused-ring (bicyclic) bond motifs is 1. The number of carbonyl (C=O) groups is 1. The molecular weight excluding hydrogens is 408 g/mol. The van der Waals surface area contributed by atoms with Crippen LogP contribution in [0.25, 0.3) is 33.6 Å². The van der Waals surface area contributed by atoms with Crippen LogP contribution >= 0.6 is 0 Å². The molecule has 164 valence electrons. The summed E-state index contributed by atoms with van der Waals surface area (Å²) < 4.78 is 17.2. The third-order valence-corrected chi connectivity index (χ3v) is 5.04. The van der Waals surface area contributed by atoms with Crippen molar-refractivity contribution in [1.29, 1.82) is 0 Å². The average molecular weight is 432 g/mol. The van der Waals surface area contributed by atoms with E-state index in [1.807, 2.05) is 30.3 Å². The third-order valence-electron chi connectivity index (χ3n) is 5.04. The molecule has 0 amide bonds. The van der Waals surface area contributed by atoms with Crippen LogP contribution < -0.4 is 4.74 Å². The van der Waals surface area contributed by atoms with E-state index in [0.29, 0.717) is 35.8 Å². The summed E-state index contributed by atoms with van der Waals surface area (Å²) in [5.74, 6) is 0.141. The van der Waals surface area contributed by atoms with E-state index in [9.17, 15) is 4.79 Å². The predicted molar refractivity (Wildman–Crippen MR) is 121 cm³/mol. The number of benzene rings is 2. The maximum Gasteiger partial charge on any atom is 0.329 e. The molecule has 4 rings (SSSR count). The van der Waals surface area contributed by atoms with Gasteiger partial charge in [-0.05, 0) is 17.5 Å². The number of carboxylic acids is 1. The molecule has 7 nitrogen and oxygen atoms in total. The summed E-state index contributed by atoms with van der Waals surface area (Å²) in [7, 11) is 0. The quantitative estimate of drug-likeness (QED) is 0.353. The second-order valence-corrected chi connectivity index (χ2v) is 7.23. The fourth-order valence-electron chi connectivity index (χ4n) is 3.48. The zero-order valence-corrected chi connectivity index (χ0v) is 17.8. The van der Waals surface area contributed by atoms with Crippen LogP contribution in [0, 0.1) is 0 Å². The number of furan rings is 1. The van der Waals surface area contributed by atoms with Crippen molar-refractivity contribution in [2.45, 2.75) is 19.8 Å². The second kappa shape index (κ2) is 10.1. The van der Waals surface area contributed by atoms with Crippen molar-refractivity contribution in [2.24, 2.45) is 0 Å². The molecule has 4 aromatic rings. The van der Waals surface area contributed by atoms with Gasteiger partial charge in [0.2, 0.25) is 11.6 Å². The highest BCUT2D eigenvalue weighted by atomic mass is 16.5. The average Bonchev–Trinajstić information content (AvgIpc) is 3.22. The maximum absolute atomic E-state index is 10.5. The van der Waals surface area contributed by atoms with E-state index in [-0.39, 0.29) is 13.2 Å². The van der Waals surface area contributed by atoms with Gasteiger partial charge in [0.1, 0.15) is 24.1 Å². The Morgan fingerprint density at radius 1 is 1.00 bits per heavy atom. The van der Waals surface area contributed by atoms with Crippen LogP contribution in [-0.2, 0) is 16.0 Å². The molecule has 0 aliphatic carbocycles. The fourth-order valence-corrected chi connectivity index (χ4v) is 3.48. The molecule has 0 saturated heterocycles. The molecule has 2 heterocycles. The molecule has 2 aromatic carbocycles. The van der Waals surface area contributed by atoms with Crippen molar-refractivity contribution in [3.05, 3.63) is 66.5 Å². The van der Waals surface area contributed by atoms with Gasteiger partial charge in [0.15, 0.2) is 0 Å². The van der Waals surface area contributed by atoms with Crippen LogP contribution in [0.1, 0.15) is 18.9 Å². The van der Waals surface area contributed by atoms with Crippen molar-refractivity contribution in [3.8, 4) is 28.3 Å². The van der Waals surface area contributed by atoms with Gasteiger partial charge in [-0.2, -0.15) is 0 Å². The Kier molecular flexibility index (Phi) is 6.77. The molecule has 0 spiro atoms. The number of aromatic nitrogens is 2. The highest BCUT2D eigenvalue weighted by Crippen LogP contribution is 2.43. The minimum absolute atomic E-state index is 0.284. The minimum atomic E-state index is -0.992. The summed E-state index contributed by atoms with van der Waals surface area (Å²) in [6.45, 7) is 2.41. The first-order valence-electron chi connectivity index (χ1n) is 10.5. The van der Waals surface area contributed by atoms with E-state index in [1.54, 1.807) is 0 Å². The molecule has 0 fully saturated rings. The molecule has 2 aromatic heterocycles. The number of carboxylic acid groups (broad SMARTS) is 1. The van der Waals surface area contributed by atoms with Crippen LogP contribution in [-0.4, -0.2) is 40.9 Å². The van der Waals surface area contributed by atoms with E-state index >= 15 is 0 Å². The minimum Gasteiger partial charge on any atom is -0.480 e. The lowest BCUT2D eigenvalue weighted by atomic mass is 9.98. The summed E-state index contributed by atoms with van der Waals surface area (Å²) >= 11 is 0. The number of aliphatic carboxylic acids is 1. The Morgan fingerprint density at radius 3 is 2.50 bits per heavy atom. The van der Waals surface area contributed by atoms with E-state index in [4.69, 9.17) is 19.0 Å². The summed E-state index contributed by atoms with van der Waals surface area (Å²) in [4.78, 5) is 19.2. The molecule has 32 heavy (non-hydrogen) atoms. The van der Waals surface area contributed by atoms with Gasteiger partial charge in [-0.15, -0.1) is 0 Å². The van der Waals surface area contributed by atoms with Crippen molar-refractivity contribution < 1.29 is 23.8 Å². The van der Waals surface area contributed by atoms with Gasteiger partial charge in [-0.25, -0.2) is 14.8 Å². The second-order valence-electron chi connectivity index (χ2n) is 7.23. The molecule has 0 bridgehead atoms. The first-order chi connectivity index (χ1) is 15.7. The van der Waals surface area contributed by atoms with Crippen molar-refractivity contribution in [2.75, 3.05) is 19.8 Å². The topological polar surface area (TPSA) is 94.7 Å². The first kappa shape index (κ1) is 21.5. The fraction of sp³-hybridized carbons (Fsp3) is 0.240. The number of aryl methyl sites for hydroxylation is 1. The number of nitrogens with zero attached hydrogens (tertiary/aromatic N) is 2. The van der Waals surface area contributed by atoms with Gasteiger partial charge in [-0.3, -0.25) is 0 Å². The highest BCUT2D eigenvalue weighted by Gasteiger charge is 2.22. The SMILES string of the molecule is CCc1ccc(-c2c(-c3ccccc3)oc3ncnc(OCCCOCC(=O)O)c23)cc1. The Morgan fingerprint density at radius 2 is 1.78 bits per heavy atom. The van der Waals surface area contributed by atoms with Crippen LogP contribution in [0.5, 0.6) is 5.88 Å². The summed E-state index contributed by atoms with van der Waals surface area (Å²) in [6, 6.07) is 18.2. The summed E-state index contributed by atoms with van der Waals surface area (Å²) in [6.07, 6.45) is 2.91. The van der Waals surface area contributed by atoms with Crippen molar-refractivity contribution in [1.82, 2.24) is 9.97 Å². The van der Waals surface area contributed by atoms with Crippen LogP contribution in [0.3, 0.4) is 0 Å². The highest BCUT2D eigenvalue weighted by molar-refractivity contribution is 6.03. The predicted octanol–water partition coefficient (Wildman–Crippen LogP) is 4.99. The Hall–Kier alpha value is -3.71. The van der Waals surface area contributed by atoms with Crippen LogP contribution in [0.4, 0.5) is 0 Å². The van der Waals surface area contributed by atoms with Gasteiger partial charge in [0.05, 0.1) is 13.2 Å². The van der Waals surface area contributed by atoms with Gasteiger partial charge in [-0.1, -0.05) is 61.5 Å². The van der Waals surface area contributed by atoms with Crippen LogP contribution in [0.15, 0.2) is 65.3 Å². The van der Waals surface area contributed by atoms with Crippen molar-refractivity contribution in [3.63, 3.8) is 0 Å². The standard InChI is InChI=1S/C25H24N2O5/c1-2-17-9-11-18(12-10-17)21-22-24(31-14-6-13-30-15-20(28)29)26-16-27-25(22)32-23(21)19-7-4-3-5-8-19/h3-5,7-12,16H,2,6,13-15H2,1H3,(H,28,29). The summed E-state index contributed by atoms with van der Waals surface area (Å²) in [5.41, 5.74) is 4.51. The van der Waals surface area contributed by atoms with E-state index in [0.717, 1.165) is 23.1 Å². The molecule has 0 radical (unpaired) electrons. The Labute approximate surface area is 185 Å². The Balaban J connectivity index is 1.71. The van der Waals surface area contributed by atoms with Gasteiger partial charge < -0.3 is 19.0 Å². The molecule has 7 heteroatoms. The lowest BCUT2D eigenvalue weighted by molar-refractivity contribution is -0.142. The lowest BCUT2D eigenvalue weighted by Gasteiger charge is -2.09. The first-order valence-corrected chi connectivity index (χ1v) is 10.5. The zero-order valence-electron chi connectivity index (χ0n) is 17.8. The maximum atomic E-state index is 10.5. The third kappa shape index (κ3) is 4.78. The van der Waals surface area contributed by atoms with Gasteiger partial charge >= 0.3 is 5.97 Å². The number of hydrogen-bond acceptors (Lipinski definition) is 6. The molecule has 0 aliphatic heterocycles.